The topological polar surface area (TPSA) is 114 Å². The Morgan fingerprint density at radius 1 is 1.27 bits per heavy atom. The van der Waals surface area contributed by atoms with Crippen LogP contribution in [0.25, 0.3) is 0 Å². The molecule has 1 fully saturated rings. The first-order chi connectivity index (χ1) is 14.2. The van der Waals surface area contributed by atoms with Gasteiger partial charge >= 0.3 is 6.18 Å². The summed E-state index contributed by atoms with van der Waals surface area (Å²) in [5.41, 5.74) is -1.15. The third-order valence-corrected chi connectivity index (χ3v) is 4.53. The highest BCUT2D eigenvalue weighted by atomic mass is 19.4. The Balaban J connectivity index is 1.90. The molecule has 1 aromatic heterocycles. The lowest BCUT2D eigenvalue weighted by Crippen LogP contribution is -2.56. The molecule has 30 heavy (non-hydrogen) atoms. The molecule has 0 aliphatic carbocycles. The Morgan fingerprint density at radius 2 is 1.93 bits per heavy atom. The Hall–Kier alpha value is -2.70. The van der Waals surface area contributed by atoms with E-state index in [-0.39, 0.29) is 6.42 Å². The van der Waals surface area contributed by atoms with E-state index in [1.165, 1.54) is 19.2 Å². The molecule has 0 bridgehead atoms. The van der Waals surface area contributed by atoms with Crippen LogP contribution in [0.15, 0.2) is 24.3 Å². The molecule has 3 rings (SSSR count). The maximum absolute atomic E-state index is 13.8. The highest BCUT2D eigenvalue weighted by molar-refractivity contribution is 5.87. The number of Topliss-reactive ketones (excluding diaryl/α,β-unsaturated/α-hetero) is 1. The summed E-state index contributed by atoms with van der Waals surface area (Å²) in [5, 5.41) is 24.1. The van der Waals surface area contributed by atoms with Gasteiger partial charge in [0.25, 0.3) is 6.29 Å². The number of nitrogens with zero attached hydrogens (tertiary/aromatic N) is 1. The molecule has 1 aliphatic rings. The predicted octanol–water partition coefficient (Wildman–Crippen LogP) is 1.39. The van der Waals surface area contributed by atoms with Crippen LogP contribution in [0.2, 0.25) is 0 Å². The van der Waals surface area contributed by atoms with E-state index in [1.807, 2.05) is 5.10 Å². The van der Waals surface area contributed by atoms with Crippen LogP contribution in [0.1, 0.15) is 16.8 Å². The second-order valence-corrected chi connectivity index (χ2v) is 6.50. The number of halogens is 4. The summed E-state index contributed by atoms with van der Waals surface area (Å²) in [4.78, 5) is 12.0. The van der Waals surface area contributed by atoms with Gasteiger partial charge in [0.1, 0.15) is 17.5 Å². The van der Waals surface area contributed by atoms with E-state index >= 15 is 0 Å². The van der Waals surface area contributed by atoms with Gasteiger partial charge in [-0.1, -0.05) is 12.1 Å². The zero-order valence-corrected chi connectivity index (χ0v) is 15.5. The average molecular weight is 434 g/mol. The van der Waals surface area contributed by atoms with Gasteiger partial charge in [-0.3, -0.25) is 9.89 Å². The smallest absolute Gasteiger partial charge is 0.433 e. The minimum Gasteiger partial charge on any atom is -0.497 e. The molecule has 4 atom stereocenters. The van der Waals surface area contributed by atoms with Crippen LogP contribution in [0.3, 0.4) is 0 Å². The lowest BCUT2D eigenvalue weighted by molar-refractivity contribution is -0.209. The molecule has 12 heteroatoms. The van der Waals surface area contributed by atoms with Crippen LogP contribution >= 0.6 is 0 Å². The lowest BCUT2D eigenvalue weighted by atomic mass is 10.0. The number of H-pyrrole nitrogens is 1. The standard InChI is InChI=1S/C18H18F4N2O6/c1-28-9-4-2-8(3-5-9)6-10-15(18(20,21)22)23-24-16(10)30-17-14(27)13(26)12(19)11(7-25)29-17/h2-5,11-13,17,25-26H,6-7H2,1H3,(H,23,24)/t11?,12-,13?,17+/m1/s1. The van der Waals surface area contributed by atoms with Crippen molar-refractivity contribution in [1.29, 1.82) is 0 Å². The summed E-state index contributed by atoms with van der Waals surface area (Å²) in [5.74, 6) is -1.33. The predicted molar refractivity (Wildman–Crippen MR) is 91.7 cm³/mol. The fraction of sp³-hybridized carbons (Fsp3) is 0.444. The summed E-state index contributed by atoms with van der Waals surface area (Å²) in [7, 11) is 1.44. The van der Waals surface area contributed by atoms with E-state index in [2.05, 4.69) is 5.10 Å². The zero-order chi connectivity index (χ0) is 22.1. The van der Waals surface area contributed by atoms with Crippen molar-refractivity contribution in [2.45, 2.75) is 37.3 Å². The van der Waals surface area contributed by atoms with Crippen LogP contribution in [-0.4, -0.2) is 64.6 Å². The number of aliphatic hydroxyl groups is 2. The number of aliphatic hydroxyl groups excluding tert-OH is 2. The van der Waals surface area contributed by atoms with Crippen molar-refractivity contribution in [3.8, 4) is 11.6 Å². The number of nitrogens with one attached hydrogen (secondary N) is 1. The fourth-order valence-electron chi connectivity index (χ4n) is 2.92. The minimum absolute atomic E-state index is 0.275. The van der Waals surface area contributed by atoms with E-state index in [1.54, 1.807) is 12.1 Å². The Morgan fingerprint density at radius 3 is 2.50 bits per heavy atom. The van der Waals surface area contributed by atoms with Crippen molar-refractivity contribution in [2.75, 3.05) is 13.7 Å². The molecule has 0 amide bonds. The van der Waals surface area contributed by atoms with Crippen LogP contribution in [-0.2, 0) is 22.1 Å². The third kappa shape index (κ3) is 4.40. The van der Waals surface area contributed by atoms with Crippen molar-refractivity contribution in [3.63, 3.8) is 0 Å². The molecular weight excluding hydrogens is 416 g/mol. The maximum atomic E-state index is 13.8. The second kappa shape index (κ2) is 8.58. The quantitative estimate of drug-likeness (QED) is 0.589. The number of benzene rings is 1. The lowest BCUT2D eigenvalue weighted by Gasteiger charge is -2.33. The van der Waals surface area contributed by atoms with Crippen molar-refractivity contribution < 1.29 is 46.8 Å². The zero-order valence-electron chi connectivity index (χ0n) is 15.5. The number of aromatic nitrogens is 2. The molecule has 8 nitrogen and oxygen atoms in total. The third-order valence-electron chi connectivity index (χ3n) is 4.53. The highest BCUT2D eigenvalue weighted by Gasteiger charge is 2.47. The molecule has 2 unspecified atom stereocenters. The van der Waals surface area contributed by atoms with E-state index in [9.17, 15) is 27.5 Å². The molecular formula is C18H18F4N2O6. The monoisotopic (exact) mass is 434 g/mol. The van der Waals surface area contributed by atoms with Gasteiger partial charge in [0, 0.05) is 6.42 Å². The van der Waals surface area contributed by atoms with E-state index < -0.39 is 60.4 Å². The average Bonchev–Trinajstić information content (AvgIpc) is 3.11. The molecule has 3 N–H and O–H groups in total. The maximum Gasteiger partial charge on any atom is 0.433 e. The summed E-state index contributed by atoms with van der Waals surface area (Å²) in [6.45, 7) is -0.877. The normalized spacial score (nSPS) is 24.7. The Kier molecular flexibility index (Phi) is 6.29. The van der Waals surface area contributed by atoms with Crippen molar-refractivity contribution >= 4 is 5.78 Å². The molecule has 1 aromatic carbocycles. The SMILES string of the molecule is COc1ccc(Cc2c(O[C@@H]3OC(CO)[C@@H](F)C(O)C3=O)n[nH]c2C(F)(F)F)cc1. The summed E-state index contributed by atoms with van der Waals surface area (Å²) >= 11 is 0. The number of ketones is 1. The number of alkyl halides is 4. The van der Waals surface area contributed by atoms with Gasteiger partial charge in [0.2, 0.25) is 11.7 Å². The summed E-state index contributed by atoms with van der Waals surface area (Å²) < 4.78 is 69.1. The van der Waals surface area contributed by atoms with Gasteiger partial charge in [-0.2, -0.15) is 13.2 Å². The van der Waals surface area contributed by atoms with Crippen molar-refractivity contribution in [3.05, 3.63) is 41.1 Å². The number of carbonyl (C=O) groups is 1. The van der Waals surface area contributed by atoms with Gasteiger partial charge in [-0.25, -0.2) is 4.39 Å². The number of hydrogen-bond donors (Lipinski definition) is 3. The Bertz CT molecular complexity index is 886. The molecule has 0 saturated carbocycles. The first-order valence-electron chi connectivity index (χ1n) is 8.72. The largest absolute Gasteiger partial charge is 0.497 e. The molecule has 0 radical (unpaired) electrons. The van der Waals surface area contributed by atoms with Gasteiger partial charge in [-0.15, -0.1) is 5.10 Å². The van der Waals surface area contributed by atoms with Crippen LogP contribution in [0, 0.1) is 0 Å². The van der Waals surface area contributed by atoms with Crippen LogP contribution < -0.4 is 9.47 Å². The van der Waals surface area contributed by atoms with Crippen molar-refractivity contribution in [1.82, 2.24) is 10.2 Å². The molecule has 0 spiro atoms. The molecule has 1 aliphatic heterocycles. The molecule has 2 heterocycles. The summed E-state index contributed by atoms with van der Waals surface area (Å²) in [6.07, 6.45) is -13.0. The van der Waals surface area contributed by atoms with Gasteiger partial charge < -0.3 is 24.4 Å². The van der Waals surface area contributed by atoms with E-state index in [0.717, 1.165) is 0 Å². The number of rotatable bonds is 6. The molecule has 2 aromatic rings. The fourth-order valence-corrected chi connectivity index (χ4v) is 2.92. The number of aromatic amines is 1. The number of methoxy groups -OCH3 is 1. The summed E-state index contributed by atoms with van der Waals surface area (Å²) in [6, 6.07) is 6.19. The Labute approximate surface area is 167 Å². The minimum atomic E-state index is -4.80. The van der Waals surface area contributed by atoms with Gasteiger partial charge in [0.15, 0.2) is 12.3 Å². The van der Waals surface area contributed by atoms with Crippen LogP contribution in [0.4, 0.5) is 17.6 Å². The highest BCUT2D eigenvalue weighted by Crippen LogP contribution is 2.36. The number of carbonyl (C=O) groups excluding carboxylic acids is 1. The van der Waals surface area contributed by atoms with Gasteiger partial charge in [-0.05, 0) is 17.7 Å². The van der Waals surface area contributed by atoms with Crippen LogP contribution in [0.5, 0.6) is 11.6 Å². The van der Waals surface area contributed by atoms with E-state index in [0.29, 0.717) is 11.3 Å². The molecule has 1 saturated heterocycles. The first kappa shape index (κ1) is 22.0. The van der Waals surface area contributed by atoms with Crippen molar-refractivity contribution in [2.24, 2.45) is 0 Å². The number of ether oxygens (including phenoxy) is 3. The first-order valence-corrected chi connectivity index (χ1v) is 8.72. The van der Waals surface area contributed by atoms with E-state index in [4.69, 9.17) is 19.3 Å². The van der Waals surface area contributed by atoms with Gasteiger partial charge in [0.05, 0.1) is 19.3 Å². The molecule has 164 valence electrons. The number of hydrogen-bond acceptors (Lipinski definition) is 7. The second-order valence-electron chi connectivity index (χ2n) is 6.50.